The molecule has 0 fully saturated rings. The van der Waals surface area contributed by atoms with Gasteiger partial charge in [-0.05, 0) is 36.5 Å². The third-order valence-electron chi connectivity index (χ3n) is 4.88. The van der Waals surface area contributed by atoms with Gasteiger partial charge in [0, 0.05) is 23.9 Å². The SMILES string of the molecule is CC(C)c1nc(CCOC(N)=O)n(CCCc2ccccc2)c1Sc1cc(F)cc(F)c1. The van der Waals surface area contributed by atoms with E-state index in [1.165, 1.54) is 29.5 Å². The summed E-state index contributed by atoms with van der Waals surface area (Å²) < 4.78 is 34.6. The summed E-state index contributed by atoms with van der Waals surface area (Å²) in [6.45, 7) is 4.83. The molecule has 1 amide bonds. The van der Waals surface area contributed by atoms with Crippen LogP contribution in [0.4, 0.5) is 13.6 Å². The van der Waals surface area contributed by atoms with Crippen molar-refractivity contribution in [1.82, 2.24) is 9.55 Å². The maximum atomic E-state index is 13.8. The first-order valence-electron chi connectivity index (χ1n) is 10.5. The molecule has 1 heterocycles. The lowest BCUT2D eigenvalue weighted by Gasteiger charge is -2.14. The van der Waals surface area contributed by atoms with Gasteiger partial charge in [-0.1, -0.05) is 55.9 Å². The minimum atomic E-state index is -0.832. The molecule has 0 aliphatic carbocycles. The number of hydrogen-bond donors (Lipinski definition) is 1. The fourth-order valence-electron chi connectivity index (χ4n) is 3.44. The summed E-state index contributed by atoms with van der Waals surface area (Å²) in [5, 5.41) is 0.840. The van der Waals surface area contributed by atoms with Gasteiger partial charge in [0.15, 0.2) is 0 Å². The zero-order chi connectivity index (χ0) is 23.1. The Labute approximate surface area is 191 Å². The van der Waals surface area contributed by atoms with E-state index in [0.717, 1.165) is 35.5 Å². The van der Waals surface area contributed by atoms with E-state index in [9.17, 15) is 13.6 Å². The van der Waals surface area contributed by atoms with Crippen LogP contribution in [-0.4, -0.2) is 22.3 Å². The number of carbonyl (C=O) groups excluding carboxylic acids is 1. The fraction of sp³-hybridized carbons (Fsp3) is 0.333. The van der Waals surface area contributed by atoms with Crippen LogP contribution in [0.25, 0.3) is 0 Å². The monoisotopic (exact) mass is 459 g/mol. The van der Waals surface area contributed by atoms with Crippen molar-refractivity contribution in [2.75, 3.05) is 6.61 Å². The molecule has 1 aromatic heterocycles. The minimum Gasteiger partial charge on any atom is -0.449 e. The van der Waals surface area contributed by atoms with Gasteiger partial charge in [-0.2, -0.15) is 0 Å². The van der Waals surface area contributed by atoms with Crippen molar-refractivity contribution in [3.8, 4) is 0 Å². The fourth-order valence-corrected chi connectivity index (χ4v) is 4.69. The molecular formula is C24H27F2N3O2S. The molecule has 0 atom stereocenters. The number of hydrogen-bond acceptors (Lipinski definition) is 4. The van der Waals surface area contributed by atoms with Gasteiger partial charge in [-0.25, -0.2) is 18.6 Å². The Morgan fingerprint density at radius 1 is 1.12 bits per heavy atom. The molecule has 0 saturated heterocycles. The van der Waals surface area contributed by atoms with E-state index in [1.807, 2.05) is 32.0 Å². The molecule has 3 rings (SSSR count). The summed E-state index contributed by atoms with van der Waals surface area (Å²) in [5.74, 6) is -0.392. The summed E-state index contributed by atoms with van der Waals surface area (Å²) in [7, 11) is 0. The lowest BCUT2D eigenvalue weighted by atomic mass is 10.1. The van der Waals surface area contributed by atoms with Crippen molar-refractivity contribution >= 4 is 17.9 Å². The van der Waals surface area contributed by atoms with Crippen LogP contribution in [0.15, 0.2) is 58.5 Å². The van der Waals surface area contributed by atoms with Crippen molar-refractivity contribution < 1.29 is 18.3 Å². The smallest absolute Gasteiger partial charge is 0.404 e. The number of imidazole rings is 1. The molecule has 0 saturated carbocycles. The van der Waals surface area contributed by atoms with Gasteiger partial charge in [0.25, 0.3) is 0 Å². The topological polar surface area (TPSA) is 70.1 Å². The standard InChI is InChI=1S/C24H27F2N3O2S/c1-16(2)22-23(32-20-14-18(25)13-19(26)15-20)29(21(28-22)10-12-31-24(27)30)11-6-9-17-7-4-3-5-8-17/h3-5,7-8,13-16H,6,9-12H2,1-2H3,(H2,27,30). The normalized spacial score (nSPS) is 11.2. The summed E-state index contributed by atoms with van der Waals surface area (Å²) in [5.41, 5.74) is 7.16. The second kappa shape index (κ2) is 11.1. The average Bonchev–Trinajstić information content (AvgIpc) is 3.05. The lowest BCUT2D eigenvalue weighted by Crippen LogP contribution is -2.16. The van der Waals surface area contributed by atoms with Crippen LogP contribution in [0, 0.1) is 11.6 Å². The summed E-state index contributed by atoms with van der Waals surface area (Å²) in [4.78, 5) is 16.2. The second-order valence-electron chi connectivity index (χ2n) is 7.74. The zero-order valence-corrected chi connectivity index (χ0v) is 19.0. The van der Waals surface area contributed by atoms with Gasteiger partial charge in [0.05, 0.1) is 5.69 Å². The van der Waals surface area contributed by atoms with E-state index in [0.29, 0.717) is 17.9 Å². The minimum absolute atomic E-state index is 0.0992. The Morgan fingerprint density at radius 3 is 2.44 bits per heavy atom. The quantitative estimate of drug-likeness (QED) is 0.422. The van der Waals surface area contributed by atoms with E-state index < -0.39 is 17.7 Å². The Hall–Kier alpha value is -2.87. The van der Waals surface area contributed by atoms with Crippen LogP contribution in [0.3, 0.4) is 0 Å². The summed E-state index contributed by atoms with van der Waals surface area (Å²) >= 11 is 1.29. The van der Waals surface area contributed by atoms with Gasteiger partial charge < -0.3 is 15.0 Å². The highest BCUT2D eigenvalue weighted by atomic mass is 32.2. The Balaban J connectivity index is 1.91. The van der Waals surface area contributed by atoms with Crippen molar-refractivity contribution in [2.45, 2.75) is 55.5 Å². The van der Waals surface area contributed by atoms with E-state index in [-0.39, 0.29) is 12.5 Å². The molecule has 3 aromatic rings. The largest absolute Gasteiger partial charge is 0.449 e. The van der Waals surface area contributed by atoms with Crippen molar-refractivity contribution in [2.24, 2.45) is 5.73 Å². The number of nitrogens with two attached hydrogens (primary N) is 1. The molecule has 0 aliphatic heterocycles. The molecule has 0 unspecified atom stereocenters. The first-order chi connectivity index (χ1) is 15.3. The molecule has 0 bridgehead atoms. The number of halogens is 2. The Bertz CT molecular complexity index is 1030. The third-order valence-corrected chi connectivity index (χ3v) is 5.98. The number of aryl methyl sites for hydroxylation is 1. The van der Waals surface area contributed by atoms with Crippen LogP contribution in [0.1, 0.15) is 43.3 Å². The first kappa shape index (κ1) is 23.8. The molecule has 0 aliphatic rings. The van der Waals surface area contributed by atoms with Crippen molar-refractivity contribution in [3.05, 3.63) is 77.2 Å². The van der Waals surface area contributed by atoms with Gasteiger partial charge in [0.2, 0.25) is 0 Å². The number of carbonyl (C=O) groups is 1. The van der Waals surface area contributed by atoms with Gasteiger partial charge in [-0.15, -0.1) is 0 Å². The zero-order valence-electron chi connectivity index (χ0n) is 18.2. The number of rotatable bonds is 10. The van der Waals surface area contributed by atoms with Crippen LogP contribution in [0.2, 0.25) is 0 Å². The molecule has 170 valence electrons. The number of aromatic nitrogens is 2. The molecule has 8 heteroatoms. The lowest BCUT2D eigenvalue weighted by molar-refractivity contribution is 0.157. The van der Waals surface area contributed by atoms with Gasteiger partial charge >= 0.3 is 6.09 Å². The highest BCUT2D eigenvalue weighted by Crippen LogP contribution is 2.36. The van der Waals surface area contributed by atoms with E-state index in [4.69, 9.17) is 15.5 Å². The van der Waals surface area contributed by atoms with Gasteiger partial charge in [-0.3, -0.25) is 0 Å². The summed E-state index contributed by atoms with van der Waals surface area (Å²) in [6, 6.07) is 13.7. The molecule has 32 heavy (non-hydrogen) atoms. The predicted octanol–water partition coefficient (Wildman–Crippen LogP) is 5.71. The molecule has 2 aromatic carbocycles. The van der Waals surface area contributed by atoms with Crippen LogP contribution >= 0.6 is 11.8 Å². The number of ether oxygens (including phenoxy) is 1. The molecule has 5 nitrogen and oxygen atoms in total. The molecular weight excluding hydrogens is 432 g/mol. The average molecular weight is 460 g/mol. The second-order valence-corrected chi connectivity index (χ2v) is 8.80. The predicted molar refractivity (Wildman–Crippen MR) is 121 cm³/mol. The number of nitrogens with zero attached hydrogens (tertiary/aromatic N) is 2. The Morgan fingerprint density at radius 2 is 1.81 bits per heavy atom. The highest BCUT2D eigenvalue weighted by molar-refractivity contribution is 7.99. The van der Waals surface area contributed by atoms with Crippen LogP contribution in [0.5, 0.6) is 0 Å². The maximum absolute atomic E-state index is 13.8. The number of amides is 1. The number of primary amides is 1. The van der Waals surface area contributed by atoms with E-state index in [2.05, 4.69) is 16.7 Å². The first-order valence-corrected chi connectivity index (χ1v) is 11.3. The highest BCUT2D eigenvalue weighted by Gasteiger charge is 2.21. The number of benzene rings is 2. The van der Waals surface area contributed by atoms with Crippen molar-refractivity contribution in [1.29, 1.82) is 0 Å². The molecule has 2 N–H and O–H groups in total. The van der Waals surface area contributed by atoms with Crippen LogP contribution in [-0.2, 0) is 24.1 Å². The Kier molecular flexibility index (Phi) is 8.27. The third kappa shape index (κ3) is 6.56. The van der Waals surface area contributed by atoms with E-state index in [1.54, 1.807) is 0 Å². The van der Waals surface area contributed by atoms with Crippen molar-refractivity contribution in [3.63, 3.8) is 0 Å². The maximum Gasteiger partial charge on any atom is 0.404 e. The van der Waals surface area contributed by atoms with E-state index >= 15 is 0 Å². The molecule has 0 radical (unpaired) electrons. The summed E-state index contributed by atoms with van der Waals surface area (Å²) in [6.07, 6.45) is 1.30. The van der Waals surface area contributed by atoms with Gasteiger partial charge in [0.1, 0.15) is 29.1 Å². The van der Waals surface area contributed by atoms with Crippen LogP contribution < -0.4 is 5.73 Å². The molecule has 0 spiro atoms.